The van der Waals surface area contributed by atoms with E-state index in [1.165, 1.54) is 12.1 Å². The third-order valence-electron chi connectivity index (χ3n) is 2.21. The predicted octanol–water partition coefficient (Wildman–Crippen LogP) is 1.23. The molecule has 1 aromatic carbocycles. The molecule has 1 N–H and O–H groups in total. The van der Waals surface area contributed by atoms with E-state index < -0.39 is 22.1 Å². The minimum Gasteiger partial charge on any atom is -0.491 e. The van der Waals surface area contributed by atoms with Crippen LogP contribution in [0.15, 0.2) is 18.2 Å². The van der Waals surface area contributed by atoms with E-state index in [-0.39, 0.29) is 12.4 Å². The van der Waals surface area contributed by atoms with Crippen LogP contribution in [0.4, 0.5) is 5.69 Å². The molecule has 18 heavy (non-hydrogen) atoms. The number of carboxylic acid groups (broad SMARTS) is 1. The van der Waals surface area contributed by atoms with E-state index >= 15 is 0 Å². The molecule has 0 spiro atoms. The highest BCUT2D eigenvalue weighted by Gasteiger charge is 2.24. The van der Waals surface area contributed by atoms with Crippen molar-refractivity contribution in [1.29, 1.82) is 0 Å². The van der Waals surface area contributed by atoms with Gasteiger partial charge in [0.2, 0.25) is 0 Å². The smallest absolute Gasteiger partial charge is 0.346 e. The molecule has 0 aliphatic carbocycles. The average Bonchev–Trinajstić information content (AvgIpc) is 2.27. The van der Waals surface area contributed by atoms with Crippen LogP contribution in [0.3, 0.4) is 0 Å². The number of ether oxygens (including phenoxy) is 1. The molecule has 1 aromatic rings. The summed E-state index contributed by atoms with van der Waals surface area (Å²) in [5.41, 5.74) is -0.883. The Hall–Kier alpha value is -2.15. The molecule has 0 saturated carbocycles. The predicted molar refractivity (Wildman–Crippen MR) is 64.1 cm³/mol. The number of likely N-dealkylation sites (N-methyl/N-ethyl adjacent to an activating group) is 1. The molecule has 98 valence electrons. The van der Waals surface area contributed by atoms with Crippen molar-refractivity contribution in [3.8, 4) is 5.75 Å². The van der Waals surface area contributed by atoms with E-state index in [1.54, 1.807) is 0 Å². The van der Waals surface area contributed by atoms with Gasteiger partial charge in [0.15, 0.2) is 5.56 Å². The molecule has 0 aromatic heterocycles. The van der Waals surface area contributed by atoms with Crippen molar-refractivity contribution in [2.24, 2.45) is 0 Å². The Morgan fingerprint density at radius 2 is 2.17 bits per heavy atom. The second-order valence-electron chi connectivity index (χ2n) is 3.86. The molecule has 0 aliphatic heterocycles. The Bertz CT molecular complexity index is 459. The Labute approximate surface area is 104 Å². The SMILES string of the molecule is CN(C)CCOc1cccc([N+](=O)[O-])c1C(=O)O. The molecule has 1 rings (SSSR count). The number of nitrogens with zero attached hydrogens (tertiary/aromatic N) is 2. The molecular formula is C11H14N2O5. The summed E-state index contributed by atoms with van der Waals surface area (Å²) in [5.74, 6) is -1.36. The molecule has 0 unspecified atom stereocenters. The Kier molecular flexibility index (Phi) is 4.61. The van der Waals surface area contributed by atoms with Crippen LogP contribution in [0.1, 0.15) is 10.4 Å². The number of carbonyl (C=O) groups is 1. The van der Waals surface area contributed by atoms with E-state index in [1.807, 2.05) is 19.0 Å². The number of nitro benzene ring substituents is 1. The van der Waals surface area contributed by atoms with Crippen molar-refractivity contribution in [2.75, 3.05) is 27.2 Å². The number of benzene rings is 1. The first-order chi connectivity index (χ1) is 8.43. The molecule has 0 aliphatic rings. The largest absolute Gasteiger partial charge is 0.491 e. The lowest BCUT2D eigenvalue weighted by atomic mass is 10.1. The molecule has 0 saturated heterocycles. The van der Waals surface area contributed by atoms with Gasteiger partial charge in [0, 0.05) is 12.6 Å². The van der Waals surface area contributed by atoms with Crippen molar-refractivity contribution in [3.05, 3.63) is 33.9 Å². The number of hydrogen-bond donors (Lipinski definition) is 1. The van der Waals surface area contributed by atoms with Crippen molar-refractivity contribution in [1.82, 2.24) is 4.90 Å². The summed E-state index contributed by atoms with van der Waals surface area (Å²) in [7, 11) is 3.68. The van der Waals surface area contributed by atoms with Gasteiger partial charge < -0.3 is 14.7 Å². The summed E-state index contributed by atoms with van der Waals surface area (Å²) in [6.07, 6.45) is 0. The van der Waals surface area contributed by atoms with Crippen LogP contribution in [0, 0.1) is 10.1 Å². The Morgan fingerprint density at radius 1 is 1.50 bits per heavy atom. The van der Waals surface area contributed by atoms with Gasteiger partial charge in [0.1, 0.15) is 12.4 Å². The Balaban J connectivity index is 3.00. The van der Waals surface area contributed by atoms with Crippen molar-refractivity contribution >= 4 is 11.7 Å². The van der Waals surface area contributed by atoms with Gasteiger partial charge in [-0.25, -0.2) is 4.79 Å². The van der Waals surface area contributed by atoms with Crippen molar-refractivity contribution in [3.63, 3.8) is 0 Å². The van der Waals surface area contributed by atoms with E-state index in [2.05, 4.69) is 0 Å². The van der Waals surface area contributed by atoms with E-state index in [9.17, 15) is 14.9 Å². The Morgan fingerprint density at radius 3 is 2.67 bits per heavy atom. The van der Waals surface area contributed by atoms with Crippen molar-refractivity contribution in [2.45, 2.75) is 0 Å². The molecule has 0 atom stereocenters. The van der Waals surface area contributed by atoms with Crippen molar-refractivity contribution < 1.29 is 19.6 Å². The summed E-state index contributed by atoms with van der Waals surface area (Å²) in [4.78, 5) is 22.9. The molecular weight excluding hydrogens is 240 g/mol. The molecule has 0 amide bonds. The lowest BCUT2D eigenvalue weighted by molar-refractivity contribution is -0.385. The first kappa shape index (κ1) is 13.9. The fourth-order valence-electron chi connectivity index (χ4n) is 1.35. The van der Waals surface area contributed by atoms with Crippen LogP contribution in [-0.2, 0) is 0 Å². The second-order valence-corrected chi connectivity index (χ2v) is 3.86. The summed E-state index contributed by atoms with van der Waals surface area (Å²) < 4.78 is 5.27. The fourth-order valence-corrected chi connectivity index (χ4v) is 1.35. The number of rotatable bonds is 6. The monoisotopic (exact) mass is 254 g/mol. The zero-order valence-corrected chi connectivity index (χ0v) is 10.1. The number of nitro groups is 1. The third-order valence-corrected chi connectivity index (χ3v) is 2.21. The maximum atomic E-state index is 11.0. The fraction of sp³-hybridized carbons (Fsp3) is 0.364. The number of hydrogen-bond acceptors (Lipinski definition) is 5. The zero-order chi connectivity index (χ0) is 13.7. The maximum Gasteiger partial charge on any atom is 0.346 e. The summed E-state index contributed by atoms with van der Waals surface area (Å²) in [6.45, 7) is 0.843. The van der Waals surface area contributed by atoms with Gasteiger partial charge >= 0.3 is 5.97 Å². The molecule has 0 radical (unpaired) electrons. The minimum absolute atomic E-state index is 0.0125. The lowest BCUT2D eigenvalue weighted by Crippen LogP contribution is -2.20. The topological polar surface area (TPSA) is 92.9 Å². The highest BCUT2D eigenvalue weighted by Crippen LogP contribution is 2.28. The summed E-state index contributed by atoms with van der Waals surface area (Å²) >= 11 is 0. The highest BCUT2D eigenvalue weighted by molar-refractivity contribution is 5.95. The van der Waals surface area contributed by atoms with Gasteiger partial charge in [0.25, 0.3) is 5.69 Å². The number of carboxylic acids is 1. The summed E-state index contributed by atoms with van der Waals surface area (Å²) in [5, 5.41) is 19.7. The summed E-state index contributed by atoms with van der Waals surface area (Å²) in [6, 6.07) is 3.95. The second kappa shape index (κ2) is 5.97. The van der Waals surface area contributed by atoms with Crippen LogP contribution in [0.2, 0.25) is 0 Å². The van der Waals surface area contributed by atoms with Gasteiger partial charge in [0.05, 0.1) is 4.92 Å². The molecule has 0 heterocycles. The lowest BCUT2D eigenvalue weighted by Gasteiger charge is -2.12. The molecule has 0 fully saturated rings. The van der Waals surface area contributed by atoms with Crippen LogP contribution < -0.4 is 4.74 Å². The first-order valence-electron chi connectivity index (χ1n) is 5.21. The van der Waals surface area contributed by atoms with Gasteiger partial charge in [-0.1, -0.05) is 6.07 Å². The van der Waals surface area contributed by atoms with E-state index in [4.69, 9.17) is 9.84 Å². The van der Waals surface area contributed by atoms with Crippen LogP contribution in [-0.4, -0.2) is 48.1 Å². The van der Waals surface area contributed by atoms with Gasteiger partial charge in [-0.2, -0.15) is 0 Å². The zero-order valence-electron chi connectivity index (χ0n) is 10.1. The first-order valence-corrected chi connectivity index (χ1v) is 5.21. The average molecular weight is 254 g/mol. The van der Waals surface area contributed by atoms with Crippen LogP contribution in [0.5, 0.6) is 5.75 Å². The maximum absolute atomic E-state index is 11.0. The van der Waals surface area contributed by atoms with E-state index in [0.717, 1.165) is 6.07 Å². The van der Waals surface area contributed by atoms with Gasteiger partial charge in [-0.3, -0.25) is 10.1 Å². The highest BCUT2D eigenvalue weighted by atomic mass is 16.6. The third kappa shape index (κ3) is 3.42. The van der Waals surface area contributed by atoms with Crippen LogP contribution in [0.25, 0.3) is 0 Å². The molecule has 7 nitrogen and oxygen atoms in total. The molecule has 7 heteroatoms. The number of aromatic carboxylic acids is 1. The molecule has 0 bridgehead atoms. The van der Waals surface area contributed by atoms with E-state index in [0.29, 0.717) is 6.54 Å². The standard InChI is InChI=1S/C11H14N2O5/c1-12(2)6-7-18-9-5-3-4-8(13(16)17)10(9)11(14)15/h3-5H,6-7H2,1-2H3,(H,14,15). The quantitative estimate of drug-likeness (QED) is 0.606. The van der Waals surface area contributed by atoms with Gasteiger partial charge in [-0.05, 0) is 20.2 Å². The van der Waals surface area contributed by atoms with Gasteiger partial charge in [-0.15, -0.1) is 0 Å². The van der Waals surface area contributed by atoms with Crippen LogP contribution >= 0.6 is 0 Å². The normalized spacial score (nSPS) is 10.4. The minimum atomic E-state index is -1.37.